The first-order valence-electron chi connectivity index (χ1n) is 12.6. The molecule has 194 valence electrons. The Kier molecular flexibility index (Phi) is 7.83. The number of H-pyrrole nitrogens is 1. The summed E-state index contributed by atoms with van der Waals surface area (Å²) in [4.78, 5) is 27.4. The van der Waals surface area contributed by atoms with Crippen LogP contribution in [0.5, 0.6) is 0 Å². The van der Waals surface area contributed by atoms with Gasteiger partial charge in [0.1, 0.15) is 0 Å². The standard InChI is InChI=1S/C31H27N5O3/c1-39-31(38)25-10-7-11-26(20-25)36(29(37)19-16-22-8-3-2-4-9-22)21-23-14-17-24(18-15-23)27-12-5-6-13-28(27)30-32-34-35-33-30/h2-15,17-18,20H,16,19,21H2,1H3,(H,32,33,34,35). The van der Waals surface area contributed by atoms with Crippen molar-refractivity contribution in [3.63, 3.8) is 0 Å². The van der Waals surface area contributed by atoms with E-state index in [4.69, 9.17) is 4.74 Å². The molecule has 0 aliphatic rings. The van der Waals surface area contributed by atoms with Crippen LogP contribution in [0.4, 0.5) is 5.69 Å². The van der Waals surface area contributed by atoms with Gasteiger partial charge in [0, 0.05) is 17.7 Å². The Morgan fingerprint density at radius 2 is 1.56 bits per heavy atom. The number of hydrogen-bond acceptors (Lipinski definition) is 6. The molecule has 0 bridgehead atoms. The Bertz CT molecular complexity index is 1550. The Balaban J connectivity index is 1.41. The number of anilines is 1. The number of benzene rings is 4. The molecule has 0 fully saturated rings. The molecule has 1 amide bonds. The molecule has 1 N–H and O–H groups in total. The molecular weight excluding hydrogens is 490 g/mol. The number of amides is 1. The summed E-state index contributed by atoms with van der Waals surface area (Å²) in [5.41, 5.74) is 5.93. The third-order valence-electron chi connectivity index (χ3n) is 6.47. The monoisotopic (exact) mass is 517 g/mol. The first-order valence-corrected chi connectivity index (χ1v) is 12.6. The van der Waals surface area contributed by atoms with Gasteiger partial charge in [0.2, 0.25) is 11.7 Å². The van der Waals surface area contributed by atoms with E-state index in [-0.39, 0.29) is 5.91 Å². The number of methoxy groups -OCH3 is 1. The zero-order valence-corrected chi connectivity index (χ0v) is 21.4. The molecular formula is C31H27N5O3. The lowest BCUT2D eigenvalue weighted by Crippen LogP contribution is -2.30. The predicted molar refractivity (Wildman–Crippen MR) is 149 cm³/mol. The van der Waals surface area contributed by atoms with Crippen LogP contribution in [-0.4, -0.2) is 39.6 Å². The molecule has 0 unspecified atom stereocenters. The van der Waals surface area contributed by atoms with Crippen LogP contribution in [0.3, 0.4) is 0 Å². The number of aromatic nitrogens is 4. The molecule has 0 aliphatic heterocycles. The second-order valence-electron chi connectivity index (χ2n) is 8.99. The Morgan fingerprint density at radius 1 is 0.821 bits per heavy atom. The van der Waals surface area contributed by atoms with Gasteiger partial charge in [-0.1, -0.05) is 84.9 Å². The van der Waals surface area contributed by atoms with E-state index in [0.717, 1.165) is 27.8 Å². The molecule has 8 heteroatoms. The third kappa shape index (κ3) is 6.07. The van der Waals surface area contributed by atoms with E-state index in [1.54, 1.807) is 23.1 Å². The number of carbonyl (C=O) groups excluding carboxylic acids is 2. The lowest BCUT2D eigenvalue weighted by Gasteiger charge is -2.24. The van der Waals surface area contributed by atoms with E-state index in [1.165, 1.54) is 7.11 Å². The van der Waals surface area contributed by atoms with Gasteiger partial charge in [0.05, 0.1) is 19.2 Å². The highest BCUT2D eigenvalue weighted by molar-refractivity contribution is 5.96. The van der Waals surface area contributed by atoms with Crippen LogP contribution in [0.2, 0.25) is 0 Å². The molecule has 0 saturated carbocycles. The van der Waals surface area contributed by atoms with E-state index in [1.807, 2.05) is 84.9 Å². The predicted octanol–water partition coefficient (Wildman–Crippen LogP) is 5.49. The zero-order chi connectivity index (χ0) is 27.0. The summed E-state index contributed by atoms with van der Waals surface area (Å²) in [6, 6.07) is 32.8. The van der Waals surface area contributed by atoms with E-state index in [2.05, 4.69) is 20.6 Å². The van der Waals surface area contributed by atoms with Crippen molar-refractivity contribution in [2.75, 3.05) is 12.0 Å². The topological polar surface area (TPSA) is 101 Å². The number of carbonyl (C=O) groups is 2. The largest absolute Gasteiger partial charge is 0.465 e. The number of aromatic amines is 1. The van der Waals surface area contributed by atoms with Crippen LogP contribution in [-0.2, 0) is 22.5 Å². The number of aryl methyl sites for hydroxylation is 1. The van der Waals surface area contributed by atoms with Gasteiger partial charge in [0.15, 0.2) is 0 Å². The fourth-order valence-corrected chi connectivity index (χ4v) is 4.45. The normalized spacial score (nSPS) is 10.7. The molecule has 5 aromatic rings. The molecule has 0 aliphatic carbocycles. The number of rotatable bonds is 9. The highest BCUT2D eigenvalue weighted by Crippen LogP contribution is 2.30. The second-order valence-corrected chi connectivity index (χ2v) is 8.99. The summed E-state index contributed by atoms with van der Waals surface area (Å²) >= 11 is 0. The van der Waals surface area contributed by atoms with E-state index < -0.39 is 5.97 Å². The maximum absolute atomic E-state index is 13.5. The molecule has 0 spiro atoms. The summed E-state index contributed by atoms with van der Waals surface area (Å²) in [6.07, 6.45) is 0.960. The van der Waals surface area contributed by atoms with E-state index in [9.17, 15) is 9.59 Å². The molecule has 4 aromatic carbocycles. The van der Waals surface area contributed by atoms with Gasteiger partial charge in [-0.3, -0.25) is 4.79 Å². The number of hydrogen-bond donors (Lipinski definition) is 1. The molecule has 1 heterocycles. The summed E-state index contributed by atoms with van der Waals surface area (Å²) < 4.78 is 4.89. The third-order valence-corrected chi connectivity index (χ3v) is 6.47. The van der Waals surface area contributed by atoms with Gasteiger partial charge >= 0.3 is 5.97 Å². The molecule has 0 radical (unpaired) electrons. The van der Waals surface area contributed by atoms with Crippen molar-refractivity contribution in [2.24, 2.45) is 0 Å². The number of tetrazole rings is 1. The number of nitrogens with zero attached hydrogens (tertiary/aromatic N) is 4. The minimum atomic E-state index is -0.446. The lowest BCUT2D eigenvalue weighted by atomic mass is 9.98. The minimum Gasteiger partial charge on any atom is -0.465 e. The van der Waals surface area contributed by atoms with Gasteiger partial charge in [-0.25, -0.2) is 4.79 Å². The van der Waals surface area contributed by atoms with Crippen molar-refractivity contribution in [3.8, 4) is 22.5 Å². The number of nitrogens with one attached hydrogen (secondary N) is 1. The Morgan fingerprint density at radius 3 is 2.28 bits per heavy atom. The van der Waals surface area contributed by atoms with E-state index in [0.29, 0.717) is 36.5 Å². The fourth-order valence-electron chi connectivity index (χ4n) is 4.45. The smallest absolute Gasteiger partial charge is 0.337 e. The van der Waals surface area contributed by atoms with Crippen molar-refractivity contribution in [2.45, 2.75) is 19.4 Å². The molecule has 5 rings (SSSR count). The van der Waals surface area contributed by atoms with Crippen LogP contribution < -0.4 is 4.90 Å². The van der Waals surface area contributed by atoms with Gasteiger partial charge < -0.3 is 9.64 Å². The summed E-state index contributed by atoms with van der Waals surface area (Å²) in [7, 11) is 1.34. The first kappa shape index (κ1) is 25.5. The van der Waals surface area contributed by atoms with Crippen molar-refractivity contribution in [1.82, 2.24) is 20.6 Å². The van der Waals surface area contributed by atoms with Crippen LogP contribution in [0.25, 0.3) is 22.5 Å². The summed E-state index contributed by atoms with van der Waals surface area (Å²) in [6.45, 7) is 0.352. The molecule has 1 aromatic heterocycles. The fraction of sp³-hybridized carbons (Fsp3) is 0.129. The maximum atomic E-state index is 13.5. The Labute approximate surface area is 226 Å². The zero-order valence-electron chi connectivity index (χ0n) is 21.4. The summed E-state index contributed by atoms with van der Waals surface area (Å²) in [5, 5.41) is 14.4. The van der Waals surface area contributed by atoms with Crippen molar-refractivity contribution in [3.05, 3.63) is 120 Å². The number of esters is 1. The molecule has 39 heavy (non-hydrogen) atoms. The van der Waals surface area contributed by atoms with Gasteiger partial charge in [-0.05, 0) is 52.1 Å². The molecule has 8 nitrogen and oxygen atoms in total. The maximum Gasteiger partial charge on any atom is 0.337 e. The number of ether oxygens (including phenoxy) is 1. The van der Waals surface area contributed by atoms with Crippen molar-refractivity contribution in [1.29, 1.82) is 0 Å². The van der Waals surface area contributed by atoms with Crippen molar-refractivity contribution < 1.29 is 14.3 Å². The summed E-state index contributed by atoms with van der Waals surface area (Å²) in [5.74, 6) is 0.0425. The average Bonchev–Trinajstić information content (AvgIpc) is 3.54. The quantitative estimate of drug-likeness (QED) is 0.260. The highest BCUT2D eigenvalue weighted by Gasteiger charge is 2.19. The van der Waals surface area contributed by atoms with Crippen LogP contribution in [0, 0.1) is 0 Å². The van der Waals surface area contributed by atoms with Crippen LogP contribution in [0.1, 0.15) is 27.9 Å². The first-order chi connectivity index (χ1) is 19.1. The SMILES string of the molecule is COC(=O)c1cccc(N(Cc2ccc(-c3ccccc3-c3nn[nH]n3)cc2)C(=O)CCc2ccccc2)c1. The van der Waals surface area contributed by atoms with E-state index >= 15 is 0 Å². The second kappa shape index (κ2) is 12.0. The van der Waals surface area contributed by atoms with Crippen LogP contribution in [0.15, 0.2) is 103 Å². The molecule has 0 atom stereocenters. The lowest BCUT2D eigenvalue weighted by molar-refractivity contribution is -0.118. The molecule has 0 saturated heterocycles. The van der Waals surface area contributed by atoms with Gasteiger partial charge in [-0.15, -0.1) is 10.2 Å². The highest BCUT2D eigenvalue weighted by atomic mass is 16.5. The van der Waals surface area contributed by atoms with Gasteiger partial charge in [0.25, 0.3) is 0 Å². The average molecular weight is 518 g/mol. The van der Waals surface area contributed by atoms with Gasteiger partial charge in [-0.2, -0.15) is 5.21 Å². The Hall–Kier alpha value is -5.11. The minimum absolute atomic E-state index is 0.0348. The van der Waals surface area contributed by atoms with Crippen molar-refractivity contribution >= 4 is 17.6 Å². The van der Waals surface area contributed by atoms with Crippen LogP contribution >= 0.6 is 0 Å².